The number of aliphatic hydroxyl groups is 1. The van der Waals surface area contributed by atoms with Gasteiger partial charge >= 0.3 is 0 Å². The average molecular weight is 993 g/mol. The predicted molar refractivity (Wildman–Crippen MR) is 143 cm³/mol. The van der Waals surface area contributed by atoms with Crippen LogP contribution < -0.4 is 0 Å². The Morgan fingerprint density at radius 2 is 1.24 bits per heavy atom. The normalized spacial score (nSPS) is 35.0. The van der Waals surface area contributed by atoms with Gasteiger partial charge in [-0.2, -0.15) is 0 Å². The van der Waals surface area contributed by atoms with Crippen molar-refractivity contribution in [2.75, 3.05) is 0 Å². The first-order valence-electron chi connectivity index (χ1n) is 6.63. The van der Waals surface area contributed by atoms with E-state index >= 15 is 0 Å². The molecular formula is C14H10Br10O. The van der Waals surface area contributed by atoms with Gasteiger partial charge in [-0.3, -0.25) is 0 Å². The van der Waals surface area contributed by atoms with Gasteiger partial charge in [-0.25, -0.2) is 0 Å². The lowest BCUT2D eigenvalue weighted by Gasteiger charge is -2.66. The molecule has 0 heterocycles. The maximum atomic E-state index is 11.8. The van der Waals surface area contributed by atoms with Crippen LogP contribution in [0.3, 0.4) is 0 Å². The highest BCUT2D eigenvalue weighted by Gasteiger charge is 2.82. The van der Waals surface area contributed by atoms with E-state index in [1.54, 1.807) is 6.92 Å². The molecule has 0 saturated heterocycles. The van der Waals surface area contributed by atoms with Crippen LogP contribution in [0.4, 0.5) is 0 Å². The van der Waals surface area contributed by atoms with Crippen LogP contribution in [-0.2, 0) is 5.60 Å². The second-order valence-electron chi connectivity index (χ2n) is 5.86. The van der Waals surface area contributed by atoms with Crippen molar-refractivity contribution in [1.29, 1.82) is 0 Å². The second kappa shape index (κ2) is 7.84. The molecule has 0 aromatic heterocycles. The van der Waals surface area contributed by atoms with E-state index in [9.17, 15) is 5.11 Å². The van der Waals surface area contributed by atoms with Gasteiger partial charge in [0.1, 0.15) is 22.9 Å². The summed E-state index contributed by atoms with van der Waals surface area (Å²) in [6.45, 7) is 1.78. The average Bonchev–Trinajstić information content (AvgIpc) is 2.52. The molecule has 1 N–H and O–H groups in total. The van der Waals surface area contributed by atoms with E-state index in [0.717, 1.165) is 5.56 Å². The Bertz CT molecular complexity index is 657. The van der Waals surface area contributed by atoms with Gasteiger partial charge in [-0.15, -0.1) is 0 Å². The number of hydrogen-bond donors (Lipinski definition) is 1. The summed E-state index contributed by atoms with van der Waals surface area (Å²) in [6.07, 6.45) is 0. The first-order valence-corrected chi connectivity index (χ1v) is 14.7. The van der Waals surface area contributed by atoms with E-state index in [0.29, 0.717) is 0 Å². The minimum Gasteiger partial charge on any atom is -0.384 e. The van der Waals surface area contributed by atoms with Crippen LogP contribution in [0.15, 0.2) is 30.3 Å². The molecule has 1 saturated carbocycles. The third-order valence-electron chi connectivity index (χ3n) is 4.38. The fourth-order valence-electron chi connectivity index (χ4n) is 2.73. The summed E-state index contributed by atoms with van der Waals surface area (Å²) in [7, 11) is 0. The van der Waals surface area contributed by atoms with Gasteiger partial charge in [0.05, 0.1) is 4.83 Å². The van der Waals surface area contributed by atoms with Crippen molar-refractivity contribution in [2.45, 2.75) is 34.6 Å². The van der Waals surface area contributed by atoms with Crippen molar-refractivity contribution in [3.05, 3.63) is 35.9 Å². The Morgan fingerprint density at radius 1 is 0.800 bits per heavy atom. The highest BCUT2D eigenvalue weighted by Crippen LogP contribution is 2.79. The van der Waals surface area contributed by atoms with Crippen LogP contribution in [-0.4, -0.2) is 27.2 Å². The Balaban J connectivity index is 2.82. The van der Waals surface area contributed by atoms with Crippen LogP contribution in [0.5, 0.6) is 0 Å². The molecule has 3 atom stereocenters. The monoisotopic (exact) mass is 983 g/mol. The van der Waals surface area contributed by atoms with Crippen LogP contribution >= 0.6 is 159 Å². The lowest BCUT2D eigenvalue weighted by Crippen LogP contribution is -2.79. The summed E-state index contributed by atoms with van der Waals surface area (Å²) < 4.78 is -4.19. The molecule has 2 rings (SSSR count). The van der Waals surface area contributed by atoms with E-state index in [-0.39, 0.29) is 4.83 Å². The number of halogens is 10. The Morgan fingerprint density at radius 3 is 1.68 bits per heavy atom. The highest BCUT2D eigenvalue weighted by molar-refractivity contribution is 9.35. The Hall–Kier alpha value is 3.98. The molecule has 1 fully saturated rings. The first-order chi connectivity index (χ1) is 11.0. The molecule has 3 unspecified atom stereocenters. The van der Waals surface area contributed by atoms with Crippen molar-refractivity contribution >= 4 is 159 Å². The molecule has 1 aromatic carbocycles. The fourth-order valence-corrected chi connectivity index (χ4v) is 14.6. The van der Waals surface area contributed by atoms with E-state index in [1.165, 1.54) is 0 Å². The number of rotatable bonds is 2. The summed E-state index contributed by atoms with van der Waals surface area (Å²) in [6, 6.07) is 9.53. The molecule has 0 aliphatic heterocycles. The molecule has 1 aliphatic rings. The minimum absolute atomic E-state index is 0.344. The quantitative estimate of drug-likeness (QED) is 0.294. The predicted octanol–water partition coefficient (Wildman–Crippen LogP) is 8.75. The zero-order chi connectivity index (χ0) is 19.7. The van der Waals surface area contributed by atoms with Gasteiger partial charge in [-0.1, -0.05) is 190 Å². The summed E-state index contributed by atoms with van der Waals surface area (Å²) >= 11 is 38.0. The standard InChI is InChI=1S/C14H10Br10O/c1-9(25,7-5-3-2-4-6-7)10(16)8(15)11(17,18)13(21,22)14(23,24)12(10,19)20/h2-6,8,25H,1H3. The van der Waals surface area contributed by atoms with Gasteiger partial charge in [0.15, 0.2) is 0 Å². The lowest BCUT2D eigenvalue weighted by molar-refractivity contribution is 0.00580. The molecule has 11 heteroatoms. The molecule has 0 amide bonds. The largest absolute Gasteiger partial charge is 0.384 e. The van der Waals surface area contributed by atoms with Crippen LogP contribution in [0.1, 0.15) is 12.5 Å². The molecule has 1 aliphatic carbocycles. The molecule has 25 heavy (non-hydrogen) atoms. The maximum absolute atomic E-state index is 11.8. The lowest BCUT2D eigenvalue weighted by atomic mass is 9.73. The molecule has 1 aromatic rings. The molecule has 1 nitrogen and oxygen atoms in total. The van der Waals surface area contributed by atoms with E-state index in [1.807, 2.05) is 30.3 Å². The summed E-state index contributed by atoms with van der Waals surface area (Å²) in [5.41, 5.74) is -0.534. The number of benzene rings is 1. The van der Waals surface area contributed by atoms with Crippen molar-refractivity contribution in [2.24, 2.45) is 0 Å². The van der Waals surface area contributed by atoms with Gasteiger partial charge < -0.3 is 5.11 Å². The molecule has 142 valence electrons. The van der Waals surface area contributed by atoms with Crippen molar-refractivity contribution in [3.63, 3.8) is 0 Å². The van der Waals surface area contributed by atoms with Crippen LogP contribution in [0.25, 0.3) is 0 Å². The minimum atomic E-state index is -1.30. The Labute approximate surface area is 231 Å². The van der Waals surface area contributed by atoms with Gasteiger partial charge in [-0.05, 0) is 12.5 Å². The van der Waals surface area contributed by atoms with E-state index in [4.69, 9.17) is 0 Å². The first kappa shape index (κ1) is 25.2. The summed E-state index contributed by atoms with van der Waals surface area (Å²) in [5, 5.41) is 11.8. The van der Waals surface area contributed by atoms with Gasteiger partial charge in [0.25, 0.3) is 0 Å². The van der Waals surface area contributed by atoms with Gasteiger partial charge in [0.2, 0.25) is 0 Å². The smallest absolute Gasteiger partial charge is 0.134 e. The molecule has 0 radical (unpaired) electrons. The molecular weight excluding hydrogens is 983 g/mol. The van der Waals surface area contributed by atoms with Crippen LogP contribution in [0.2, 0.25) is 0 Å². The van der Waals surface area contributed by atoms with E-state index in [2.05, 4.69) is 159 Å². The third kappa shape index (κ3) is 3.36. The summed E-state index contributed by atoms with van der Waals surface area (Å²) in [5.74, 6) is 0. The second-order valence-corrected chi connectivity index (χ2v) is 21.9. The fraction of sp³-hybridized carbons (Fsp3) is 0.571. The topological polar surface area (TPSA) is 20.2 Å². The van der Waals surface area contributed by atoms with Crippen molar-refractivity contribution < 1.29 is 5.11 Å². The number of hydrogen-bond acceptors (Lipinski definition) is 1. The van der Waals surface area contributed by atoms with Crippen molar-refractivity contribution in [3.8, 4) is 0 Å². The summed E-state index contributed by atoms with van der Waals surface area (Å²) in [4.78, 5) is -0.344. The van der Waals surface area contributed by atoms with Crippen LogP contribution in [0, 0.1) is 0 Å². The van der Waals surface area contributed by atoms with Gasteiger partial charge in [0, 0.05) is 0 Å². The number of alkyl halides is 10. The zero-order valence-corrected chi connectivity index (χ0v) is 28.1. The third-order valence-corrected chi connectivity index (χ3v) is 26.2. The molecule has 0 spiro atoms. The van der Waals surface area contributed by atoms with E-state index < -0.39 is 22.9 Å². The zero-order valence-electron chi connectivity index (χ0n) is 12.2. The SMILES string of the molecule is CC(O)(c1ccccc1)C1(Br)C(Br)C(Br)(Br)C(Br)(Br)C(Br)(Br)C1(Br)Br. The maximum Gasteiger partial charge on any atom is 0.134 e. The van der Waals surface area contributed by atoms with Crippen molar-refractivity contribution in [1.82, 2.24) is 0 Å². The molecule has 0 bridgehead atoms. The Kier molecular flexibility index (Phi) is 7.91. The highest BCUT2D eigenvalue weighted by atomic mass is 79.9.